The Morgan fingerprint density at radius 2 is 2.12 bits per heavy atom. The van der Waals surface area contributed by atoms with Crippen molar-refractivity contribution in [2.45, 2.75) is 51.5 Å². The SMILES string of the molecule is C=C(CNCCC)CN1CCC2CCCCC21. The van der Waals surface area contributed by atoms with Gasteiger partial charge in [-0.15, -0.1) is 0 Å². The van der Waals surface area contributed by atoms with Gasteiger partial charge in [0.2, 0.25) is 0 Å². The topological polar surface area (TPSA) is 15.3 Å². The summed E-state index contributed by atoms with van der Waals surface area (Å²) in [5.74, 6) is 1.00. The number of nitrogens with zero attached hydrogens (tertiary/aromatic N) is 1. The number of rotatable bonds is 6. The minimum Gasteiger partial charge on any atom is -0.313 e. The molecule has 2 unspecified atom stereocenters. The fourth-order valence-corrected chi connectivity index (χ4v) is 3.48. The van der Waals surface area contributed by atoms with E-state index in [-0.39, 0.29) is 0 Å². The Morgan fingerprint density at radius 1 is 1.29 bits per heavy atom. The van der Waals surface area contributed by atoms with Crippen LogP contribution < -0.4 is 5.32 Å². The molecule has 1 heterocycles. The van der Waals surface area contributed by atoms with E-state index >= 15 is 0 Å². The van der Waals surface area contributed by atoms with E-state index in [9.17, 15) is 0 Å². The van der Waals surface area contributed by atoms with Gasteiger partial charge in [0, 0.05) is 19.1 Å². The lowest BCUT2D eigenvalue weighted by Gasteiger charge is -2.32. The lowest BCUT2D eigenvalue weighted by atomic mass is 9.85. The van der Waals surface area contributed by atoms with Crippen molar-refractivity contribution < 1.29 is 0 Å². The van der Waals surface area contributed by atoms with Crippen LogP contribution in [0, 0.1) is 5.92 Å². The van der Waals surface area contributed by atoms with Crippen molar-refractivity contribution in [3.05, 3.63) is 12.2 Å². The maximum atomic E-state index is 4.22. The molecule has 2 fully saturated rings. The van der Waals surface area contributed by atoms with Crippen LogP contribution in [0.2, 0.25) is 0 Å². The Kier molecular flexibility index (Phi) is 5.05. The summed E-state index contributed by atoms with van der Waals surface area (Å²) in [6.07, 6.45) is 8.45. The predicted octanol–water partition coefficient (Wildman–Crippen LogP) is 2.81. The first kappa shape index (κ1) is 13.1. The van der Waals surface area contributed by atoms with Crippen molar-refractivity contribution in [2.24, 2.45) is 5.92 Å². The molecule has 0 bridgehead atoms. The molecule has 0 aromatic rings. The van der Waals surface area contributed by atoms with Crippen molar-refractivity contribution in [3.8, 4) is 0 Å². The number of hydrogen-bond acceptors (Lipinski definition) is 2. The highest BCUT2D eigenvalue weighted by atomic mass is 15.2. The van der Waals surface area contributed by atoms with Crippen molar-refractivity contribution in [1.29, 1.82) is 0 Å². The van der Waals surface area contributed by atoms with Gasteiger partial charge < -0.3 is 5.32 Å². The maximum absolute atomic E-state index is 4.22. The van der Waals surface area contributed by atoms with Crippen LogP contribution in [-0.4, -0.2) is 37.1 Å². The van der Waals surface area contributed by atoms with Gasteiger partial charge in [0.15, 0.2) is 0 Å². The molecule has 98 valence electrons. The average molecular weight is 236 g/mol. The van der Waals surface area contributed by atoms with E-state index in [1.54, 1.807) is 0 Å². The monoisotopic (exact) mass is 236 g/mol. The van der Waals surface area contributed by atoms with E-state index < -0.39 is 0 Å². The maximum Gasteiger partial charge on any atom is 0.0205 e. The average Bonchev–Trinajstić information content (AvgIpc) is 2.73. The van der Waals surface area contributed by atoms with E-state index in [1.807, 2.05) is 0 Å². The third-order valence-electron chi connectivity index (χ3n) is 4.35. The summed E-state index contributed by atoms with van der Waals surface area (Å²) >= 11 is 0. The molecule has 1 saturated heterocycles. The molecule has 0 radical (unpaired) electrons. The number of fused-ring (bicyclic) bond motifs is 1. The minimum atomic E-state index is 0.881. The summed E-state index contributed by atoms with van der Waals surface area (Å²) in [5, 5.41) is 3.45. The zero-order valence-electron chi connectivity index (χ0n) is 11.4. The van der Waals surface area contributed by atoms with E-state index in [1.165, 1.54) is 50.6 Å². The molecule has 2 rings (SSSR count). The molecular weight excluding hydrogens is 208 g/mol. The largest absolute Gasteiger partial charge is 0.313 e. The molecule has 2 heteroatoms. The Labute approximate surface area is 106 Å². The second kappa shape index (κ2) is 6.55. The van der Waals surface area contributed by atoms with Crippen LogP contribution in [-0.2, 0) is 0 Å². The Hall–Kier alpha value is -0.340. The van der Waals surface area contributed by atoms with Crippen LogP contribution in [0.5, 0.6) is 0 Å². The summed E-state index contributed by atoms with van der Waals surface area (Å²) in [6, 6.07) is 0.881. The van der Waals surface area contributed by atoms with Gasteiger partial charge in [0.25, 0.3) is 0 Å². The first-order valence-electron chi connectivity index (χ1n) is 7.42. The van der Waals surface area contributed by atoms with Crippen molar-refractivity contribution in [1.82, 2.24) is 10.2 Å². The lowest BCUT2D eigenvalue weighted by Crippen LogP contribution is -2.37. The Bertz CT molecular complexity index is 249. The van der Waals surface area contributed by atoms with E-state index in [4.69, 9.17) is 0 Å². The number of likely N-dealkylation sites (tertiary alicyclic amines) is 1. The zero-order valence-corrected chi connectivity index (χ0v) is 11.4. The number of nitrogens with one attached hydrogen (secondary N) is 1. The highest BCUT2D eigenvalue weighted by Crippen LogP contribution is 2.36. The van der Waals surface area contributed by atoms with Crippen molar-refractivity contribution in [3.63, 3.8) is 0 Å². The van der Waals surface area contributed by atoms with Gasteiger partial charge in [0.1, 0.15) is 0 Å². The van der Waals surface area contributed by atoms with Gasteiger partial charge in [-0.2, -0.15) is 0 Å². The van der Waals surface area contributed by atoms with Crippen LogP contribution in [0.4, 0.5) is 0 Å². The third kappa shape index (κ3) is 3.56. The normalized spacial score (nSPS) is 29.2. The molecule has 2 atom stereocenters. The molecule has 1 aliphatic heterocycles. The van der Waals surface area contributed by atoms with E-state index in [2.05, 4.69) is 23.7 Å². The summed E-state index contributed by atoms with van der Waals surface area (Å²) in [7, 11) is 0. The molecule has 1 aliphatic carbocycles. The van der Waals surface area contributed by atoms with Gasteiger partial charge in [-0.25, -0.2) is 0 Å². The highest BCUT2D eigenvalue weighted by molar-refractivity contribution is 5.03. The van der Waals surface area contributed by atoms with Gasteiger partial charge in [-0.3, -0.25) is 4.90 Å². The van der Waals surface area contributed by atoms with Crippen LogP contribution in [0.1, 0.15) is 45.4 Å². The van der Waals surface area contributed by atoms with Gasteiger partial charge in [-0.1, -0.05) is 26.3 Å². The van der Waals surface area contributed by atoms with Crippen LogP contribution >= 0.6 is 0 Å². The van der Waals surface area contributed by atoms with Crippen LogP contribution in [0.3, 0.4) is 0 Å². The van der Waals surface area contributed by atoms with Crippen molar-refractivity contribution in [2.75, 3.05) is 26.2 Å². The lowest BCUT2D eigenvalue weighted by molar-refractivity contribution is 0.194. The Morgan fingerprint density at radius 3 is 2.94 bits per heavy atom. The first-order chi connectivity index (χ1) is 8.31. The molecule has 0 spiro atoms. The summed E-state index contributed by atoms with van der Waals surface area (Å²) in [4.78, 5) is 2.69. The van der Waals surface area contributed by atoms with Gasteiger partial charge in [-0.05, 0) is 50.3 Å². The molecule has 1 saturated carbocycles. The first-order valence-corrected chi connectivity index (χ1v) is 7.42. The number of hydrogen-bond donors (Lipinski definition) is 1. The van der Waals surface area contributed by atoms with Gasteiger partial charge >= 0.3 is 0 Å². The van der Waals surface area contributed by atoms with E-state index in [0.29, 0.717) is 0 Å². The molecule has 2 nitrogen and oxygen atoms in total. The quantitative estimate of drug-likeness (QED) is 0.563. The second-order valence-electron chi connectivity index (χ2n) is 5.80. The minimum absolute atomic E-state index is 0.881. The molecule has 2 aliphatic rings. The highest BCUT2D eigenvalue weighted by Gasteiger charge is 2.35. The molecule has 0 amide bonds. The Balaban J connectivity index is 1.73. The molecule has 17 heavy (non-hydrogen) atoms. The molecule has 0 aromatic carbocycles. The summed E-state index contributed by atoms with van der Waals surface area (Å²) in [5.41, 5.74) is 1.37. The fourth-order valence-electron chi connectivity index (χ4n) is 3.48. The predicted molar refractivity (Wildman–Crippen MR) is 74.2 cm³/mol. The van der Waals surface area contributed by atoms with E-state index in [0.717, 1.165) is 31.6 Å². The standard InChI is InChI=1S/C15H28N2/c1-3-9-16-11-13(2)12-17-10-8-14-6-4-5-7-15(14)17/h14-16H,2-12H2,1H3. The second-order valence-corrected chi connectivity index (χ2v) is 5.80. The zero-order chi connectivity index (χ0) is 12.1. The fraction of sp³-hybridized carbons (Fsp3) is 0.867. The molecule has 1 N–H and O–H groups in total. The smallest absolute Gasteiger partial charge is 0.0205 e. The molecular formula is C15H28N2. The summed E-state index contributed by atoms with van der Waals surface area (Å²) < 4.78 is 0. The summed E-state index contributed by atoms with van der Waals surface area (Å²) in [6.45, 7) is 11.0. The molecule has 0 aromatic heterocycles. The van der Waals surface area contributed by atoms with Crippen molar-refractivity contribution >= 4 is 0 Å². The third-order valence-corrected chi connectivity index (χ3v) is 4.35. The van der Waals surface area contributed by atoms with Crippen LogP contribution in [0.15, 0.2) is 12.2 Å². The van der Waals surface area contributed by atoms with Crippen LogP contribution in [0.25, 0.3) is 0 Å². The van der Waals surface area contributed by atoms with Gasteiger partial charge in [0.05, 0.1) is 0 Å².